The number of halogens is 1. The summed E-state index contributed by atoms with van der Waals surface area (Å²) in [7, 11) is 1.34. The van der Waals surface area contributed by atoms with E-state index in [0.29, 0.717) is 38.2 Å². The lowest BCUT2D eigenvalue weighted by Gasteiger charge is -2.35. The lowest BCUT2D eigenvalue weighted by molar-refractivity contribution is -0.134. The normalized spacial score (nSPS) is 15.0. The van der Waals surface area contributed by atoms with Crippen LogP contribution in [0, 0.1) is 11.3 Å². The van der Waals surface area contributed by atoms with Crippen LogP contribution in [-0.2, 0) is 16.0 Å². The topological polar surface area (TPSA) is 99.7 Å². The van der Waals surface area contributed by atoms with Crippen LogP contribution in [0.15, 0.2) is 24.3 Å². The Hall–Kier alpha value is -2.30. The van der Waals surface area contributed by atoms with Crippen molar-refractivity contribution in [2.75, 3.05) is 33.3 Å². The van der Waals surface area contributed by atoms with Crippen molar-refractivity contribution in [1.29, 1.82) is 5.26 Å². The average molecular weight is 353 g/mol. The Bertz CT molecular complexity index is 607. The fourth-order valence-corrected chi connectivity index (χ4v) is 2.53. The molecule has 0 radical (unpaired) electrons. The largest absolute Gasteiger partial charge is 0.453 e. The highest BCUT2D eigenvalue weighted by Crippen LogP contribution is 2.09. The molecule has 2 rings (SSSR count). The molecule has 24 heavy (non-hydrogen) atoms. The molecule has 1 unspecified atom stereocenters. The lowest BCUT2D eigenvalue weighted by atomic mass is 10.0. The van der Waals surface area contributed by atoms with Gasteiger partial charge in [-0.25, -0.2) is 4.79 Å². The van der Waals surface area contributed by atoms with E-state index in [9.17, 15) is 9.59 Å². The van der Waals surface area contributed by atoms with Gasteiger partial charge in [0.05, 0.1) is 24.8 Å². The fourth-order valence-electron chi connectivity index (χ4n) is 2.53. The van der Waals surface area contributed by atoms with Crippen molar-refractivity contribution < 1.29 is 14.3 Å². The second-order valence-electron chi connectivity index (χ2n) is 5.40. The minimum Gasteiger partial charge on any atom is -0.453 e. The molecule has 1 heterocycles. The van der Waals surface area contributed by atoms with Gasteiger partial charge < -0.3 is 20.3 Å². The number of methoxy groups -OCH3 is 1. The molecule has 2 N–H and O–H groups in total. The van der Waals surface area contributed by atoms with E-state index in [2.05, 4.69) is 10.8 Å². The highest BCUT2D eigenvalue weighted by molar-refractivity contribution is 5.85. The van der Waals surface area contributed by atoms with E-state index >= 15 is 0 Å². The zero-order valence-corrected chi connectivity index (χ0v) is 14.3. The van der Waals surface area contributed by atoms with Crippen molar-refractivity contribution in [1.82, 2.24) is 9.80 Å². The van der Waals surface area contributed by atoms with E-state index in [4.69, 9.17) is 11.0 Å². The molecule has 0 saturated carbocycles. The molecule has 0 aliphatic carbocycles. The molecular weight excluding hydrogens is 332 g/mol. The Morgan fingerprint density at radius 3 is 2.25 bits per heavy atom. The summed E-state index contributed by atoms with van der Waals surface area (Å²) in [5.74, 6) is -0.126. The summed E-state index contributed by atoms with van der Waals surface area (Å²) in [5.41, 5.74) is 7.50. The smallest absolute Gasteiger partial charge is 0.409 e. The molecule has 0 bridgehead atoms. The monoisotopic (exact) mass is 352 g/mol. The van der Waals surface area contributed by atoms with Crippen molar-refractivity contribution in [2.45, 2.75) is 12.5 Å². The first-order valence-corrected chi connectivity index (χ1v) is 7.41. The van der Waals surface area contributed by atoms with Gasteiger partial charge in [-0.3, -0.25) is 4.79 Å². The Balaban J connectivity index is 0.00000288. The second kappa shape index (κ2) is 9.11. The summed E-state index contributed by atoms with van der Waals surface area (Å²) in [5, 5.41) is 8.77. The molecule has 130 valence electrons. The lowest BCUT2D eigenvalue weighted by Crippen LogP contribution is -2.54. The predicted octanol–water partition coefficient (Wildman–Crippen LogP) is 0.760. The summed E-state index contributed by atoms with van der Waals surface area (Å²) in [6.45, 7) is 1.80. The molecule has 1 atom stereocenters. The molecule has 2 amide bonds. The zero-order valence-electron chi connectivity index (χ0n) is 13.5. The minimum atomic E-state index is -0.632. The third kappa shape index (κ3) is 4.85. The van der Waals surface area contributed by atoms with Gasteiger partial charge in [0.25, 0.3) is 0 Å². The first-order chi connectivity index (χ1) is 11.0. The van der Waals surface area contributed by atoms with Gasteiger partial charge in [-0.05, 0) is 24.1 Å². The van der Waals surface area contributed by atoms with Crippen LogP contribution in [0.2, 0.25) is 0 Å². The van der Waals surface area contributed by atoms with E-state index in [1.807, 2.05) is 0 Å². The standard InChI is InChI=1S/C16H20N4O3.ClH/c1-23-16(22)20-8-6-19(7-9-20)15(21)14(18)10-12-2-4-13(11-17)5-3-12;/h2-5,14H,6-10,18H2,1H3;1H. The van der Waals surface area contributed by atoms with E-state index < -0.39 is 6.04 Å². The number of hydrogen-bond donors (Lipinski definition) is 1. The van der Waals surface area contributed by atoms with Crippen molar-refractivity contribution in [3.05, 3.63) is 35.4 Å². The van der Waals surface area contributed by atoms with Gasteiger partial charge in [0, 0.05) is 26.2 Å². The van der Waals surface area contributed by atoms with Crippen LogP contribution in [0.1, 0.15) is 11.1 Å². The quantitative estimate of drug-likeness (QED) is 0.865. The number of rotatable bonds is 3. The number of carbonyl (C=O) groups is 2. The maximum absolute atomic E-state index is 12.4. The number of nitriles is 1. The predicted molar refractivity (Wildman–Crippen MR) is 90.6 cm³/mol. The van der Waals surface area contributed by atoms with Gasteiger partial charge >= 0.3 is 6.09 Å². The van der Waals surface area contributed by atoms with E-state index in [0.717, 1.165) is 5.56 Å². The number of ether oxygens (including phenoxy) is 1. The van der Waals surface area contributed by atoms with Gasteiger partial charge in [0.15, 0.2) is 0 Å². The molecule has 1 saturated heterocycles. The van der Waals surface area contributed by atoms with Crippen LogP contribution in [0.4, 0.5) is 4.79 Å². The van der Waals surface area contributed by atoms with Crippen molar-refractivity contribution >= 4 is 24.4 Å². The molecule has 0 aromatic heterocycles. The van der Waals surface area contributed by atoms with Crippen molar-refractivity contribution in [2.24, 2.45) is 5.73 Å². The molecule has 1 aromatic carbocycles. The third-order valence-electron chi connectivity index (χ3n) is 3.88. The zero-order chi connectivity index (χ0) is 16.8. The summed E-state index contributed by atoms with van der Waals surface area (Å²) in [6.07, 6.45) is 0.0425. The number of benzene rings is 1. The van der Waals surface area contributed by atoms with Crippen LogP contribution < -0.4 is 5.73 Å². The molecule has 1 aliphatic heterocycles. The van der Waals surface area contributed by atoms with Crippen molar-refractivity contribution in [3.63, 3.8) is 0 Å². The Morgan fingerprint density at radius 1 is 1.21 bits per heavy atom. The summed E-state index contributed by atoms with van der Waals surface area (Å²) in [6, 6.07) is 8.45. The first-order valence-electron chi connectivity index (χ1n) is 7.41. The maximum atomic E-state index is 12.4. The number of nitrogens with two attached hydrogens (primary N) is 1. The van der Waals surface area contributed by atoms with Crippen molar-refractivity contribution in [3.8, 4) is 6.07 Å². The van der Waals surface area contributed by atoms with E-state index in [1.165, 1.54) is 7.11 Å². The summed E-state index contributed by atoms with van der Waals surface area (Å²) < 4.78 is 4.67. The van der Waals surface area contributed by atoms with Crippen LogP contribution in [-0.4, -0.2) is 61.1 Å². The van der Waals surface area contributed by atoms with E-state index in [1.54, 1.807) is 34.1 Å². The fraction of sp³-hybridized carbons (Fsp3) is 0.438. The average Bonchev–Trinajstić information content (AvgIpc) is 2.61. The summed E-state index contributed by atoms with van der Waals surface area (Å²) in [4.78, 5) is 27.0. The minimum absolute atomic E-state index is 0. The van der Waals surface area contributed by atoms with Crippen LogP contribution in [0.3, 0.4) is 0 Å². The highest BCUT2D eigenvalue weighted by atomic mass is 35.5. The highest BCUT2D eigenvalue weighted by Gasteiger charge is 2.27. The third-order valence-corrected chi connectivity index (χ3v) is 3.88. The Labute approximate surface area is 147 Å². The van der Waals surface area contributed by atoms with Crippen LogP contribution >= 0.6 is 12.4 Å². The molecule has 7 nitrogen and oxygen atoms in total. The van der Waals surface area contributed by atoms with Gasteiger partial charge in [-0.1, -0.05) is 12.1 Å². The SMILES string of the molecule is COC(=O)N1CCN(C(=O)C(N)Cc2ccc(C#N)cc2)CC1.Cl. The molecule has 0 spiro atoms. The van der Waals surface area contributed by atoms with Gasteiger partial charge in [0.2, 0.25) is 5.91 Å². The summed E-state index contributed by atoms with van der Waals surface area (Å²) >= 11 is 0. The number of amides is 2. The van der Waals surface area contributed by atoms with Crippen LogP contribution in [0.5, 0.6) is 0 Å². The number of piperazine rings is 1. The van der Waals surface area contributed by atoms with Gasteiger partial charge in [-0.15, -0.1) is 12.4 Å². The molecular formula is C16H21ClN4O3. The molecule has 1 aliphatic rings. The maximum Gasteiger partial charge on any atom is 0.409 e. The number of nitrogens with zero attached hydrogens (tertiary/aromatic N) is 3. The molecule has 8 heteroatoms. The molecule has 1 aromatic rings. The second-order valence-corrected chi connectivity index (χ2v) is 5.40. The van der Waals surface area contributed by atoms with Crippen LogP contribution in [0.25, 0.3) is 0 Å². The Kier molecular flexibility index (Phi) is 7.49. The van der Waals surface area contributed by atoms with Gasteiger partial charge in [0.1, 0.15) is 0 Å². The van der Waals surface area contributed by atoms with E-state index in [-0.39, 0.29) is 24.4 Å². The van der Waals surface area contributed by atoms with Gasteiger partial charge in [-0.2, -0.15) is 5.26 Å². The Morgan fingerprint density at radius 2 is 1.75 bits per heavy atom. The molecule has 1 fully saturated rings. The first kappa shape index (κ1) is 19.7. The number of hydrogen-bond acceptors (Lipinski definition) is 5. The number of carbonyl (C=O) groups excluding carboxylic acids is 2.